The third-order valence-electron chi connectivity index (χ3n) is 3.88. The molecule has 0 aliphatic carbocycles. The third kappa shape index (κ3) is 5.46. The number of nitrogens with zero attached hydrogens (tertiary/aromatic N) is 1. The van der Waals surface area contributed by atoms with E-state index in [2.05, 4.69) is 27.9 Å². The van der Waals surface area contributed by atoms with E-state index in [9.17, 15) is 14.4 Å². The summed E-state index contributed by atoms with van der Waals surface area (Å²) in [5.41, 5.74) is 0.404. The van der Waals surface area contributed by atoms with Gasteiger partial charge in [-0.3, -0.25) is 14.5 Å². The Hall–Kier alpha value is -1.58. The average molecular weight is 468 g/mol. The van der Waals surface area contributed by atoms with Crippen molar-refractivity contribution in [1.82, 2.24) is 10.2 Å². The van der Waals surface area contributed by atoms with E-state index >= 15 is 0 Å². The van der Waals surface area contributed by atoms with Crippen molar-refractivity contribution in [3.8, 4) is 0 Å². The highest BCUT2D eigenvalue weighted by atomic mass is 127. The van der Waals surface area contributed by atoms with E-state index in [4.69, 9.17) is 12.6 Å². The first-order valence-electron chi connectivity index (χ1n) is 8.40. The molecule has 0 bridgehead atoms. The molecule has 0 unspecified atom stereocenters. The smallest absolute Gasteiger partial charge is 0.411 e. The fraction of sp³-hybridized carbons (Fsp3) is 0.500. The lowest BCUT2D eigenvalue weighted by molar-refractivity contribution is -0.125. The van der Waals surface area contributed by atoms with Gasteiger partial charge in [0.25, 0.3) is 0 Å². The molecule has 1 aromatic rings. The number of nitrogens with one attached hydrogen (secondary N) is 1. The third-order valence-corrected chi connectivity index (χ3v) is 5.10. The number of ketones is 1. The van der Waals surface area contributed by atoms with Crippen molar-refractivity contribution in [2.45, 2.75) is 49.3 Å². The molecular weight excluding hydrogens is 446 g/mol. The van der Waals surface area contributed by atoms with Gasteiger partial charge in [0.2, 0.25) is 5.91 Å². The summed E-state index contributed by atoms with van der Waals surface area (Å²) in [6, 6.07) is 5.87. The van der Waals surface area contributed by atoms with Gasteiger partial charge < -0.3 is 10.1 Å². The van der Waals surface area contributed by atoms with Crippen molar-refractivity contribution < 1.29 is 19.1 Å². The van der Waals surface area contributed by atoms with Gasteiger partial charge >= 0.3 is 6.09 Å². The Balaban J connectivity index is 1.97. The summed E-state index contributed by atoms with van der Waals surface area (Å²) in [5.74, 6) is -0.565. The van der Waals surface area contributed by atoms with Gasteiger partial charge in [0.1, 0.15) is 19.5 Å². The molecule has 0 saturated carbocycles. The summed E-state index contributed by atoms with van der Waals surface area (Å²) >= 11 is 2.13. The van der Waals surface area contributed by atoms with Crippen molar-refractivity contribution in [3.63, 3.8) is 0 Å². The Kier molecular flexibility index (Phi) is 6.71. The summed E-state index contributed by atoms with van der Waals surface area (Å²) in [5, 5.41) is 2.63. The van der Waals surface area contributed by atoms with E-state index in [-0.39, 0.29) is 22.3 Å². The summed E-state index contributed by atoms with van der Waals surface area (Å²) < 4.78 is 5.28. The van der Waals surface area contributed by atoms with Crippen molar-refractivity contribution in [3.05, 3.63) is 29.8 Å². The van der Waals surface area contributed by atoms with Gasteiger partial charge in [0.05, 0.1) is 10.6 Å². The van der Waals surface area contributed by atoms with Crippen LogP contribution in [0, 0.1) is 0 Å². The first kappa shape index (κ1) is 20.7. The predicted molar refractivity (Wildman–Crippen MR) is 108 cm³/mol. The maximum absolute atomic E-state index is 12.5. The molecule has 8 heteroatoms. The molecule has 0 aromatic heterocycles. The highest BCUT2D eigenvalue weighted by Crippen LogP contribution is 2.30. The topological polar surface area (TPSA) is 75.7 Å². The minimum atomic E-state index is -0.637. The molecule has 1 fully saturated rings. The molecule has 2 atom stereocenters. The van der Waals surface area contributed by atoms with E-state index in [1.165, 1.54) is 4.90 Å². The van der Waals surface area contributed by atoms with E-state index in [1.54, 1.807) is 45.0 Å². The lowest BCUT2D eigenvalue weighted by Gasteiger charge is -2.30. The number of likely N-dealkylation sites (tertiary alicyclic amines) is 1. The van der Waals surface area contributed by atoms with E-state index in [1.807, 2.05) is 0 Å². The number of carbonyl (C=O) groups excluding carboxylic acids is 3. The summed E-state index contributed by atoms with van der Waals surface area (Å²) in [6.07, 6.45) is 0.720. The molecule has 1 aromatic carbocycles. The quantitative estimate of drug-likeness (QED) is 0.241. The lowest BCUT2D eigenvalue weighted by atomic mass is 9.94. The highest BCUT2D eigenvalue weighted by Gasteiger charge is 2.41. The monoisotopic (exact) mass is 468 g/mol. The van der Waals surface area contributed by atoms with Crippen LogP contribution in [0.1, 0.15) is 44.0 Å². The van der Waals surface area contributed by atoms with Crippen LogP contribution in [-0.2, 0) is 9.53 Å². The van der Waals surface area contributed by atoms with Gasteiger partial charge in [-0.05, 0) is 33.6 Å². The second-order valence-corrected chi connectivity index (χ2v) is 8.62. The molecule has 1 saturated heterocycles. The molecule has 26 heavy (non-hydrogen) atoms. The van der Waals surface area contributed by atoms with Crippen LogP contribution in [0.3, 0.4) is 0 Å². The maximum Gasteiger partial charge on any atom is 0.411 e. The summed E-state index contributed by atoms with van der Waals surface area (Å²) in [4.78, 5) is 38.6. The first-order chi connectivity index (χ1) is 12.1. The molecular formula is C18H22BIN2O4. The van der Waals surface area contributed by atoms with Crippen LogP contribution in [0.2, 0.25) is 0 Å². The highest BCUT2D eigenvalue weighted by molar-refractivity contribution is 14.1. The van der Waals surface area contributed by atoms with Crippen LogP contribution in [0.15, 0.2) is 24.3 Å². The molecule has 0 spiro atoms. The van der Waals surface area contributed by atoms with Crippen LogP contribution in [0.5, 0.6) is 0 Å². The average Bonchev–Trinajstić information content (AvgIpc) is 2.93. The number of hydrogen-bond donors (Lipinski definition) is 1. The second-order valence-electron chi connectivity index (χ2n) is 7.18. The van der Waals surface area contributed by atoms with E-state index < -0.39 is 17.7 Å². The molecule has 2 radical (unpaired) electrons. The molecule has 1 N–H and O–H groups in total. The first-order valence-corrected chi connectivity index (χ1v) is 9.65. The molecule has 138 valence electrons. The molecule has 2 amide bonds. The number of alkyl halides is 1. The molecule has 6 nitrogen and oxygen atoms in total. The number of benzene rings is 1. The second kappa shape index (κ2) is 8.41. The number of Topliss-reactive ketones (excluding diaryl/α,β-unsaturated/α-hetero) is 1. The number of ether oxygens (including phenoxy) is 1. The van der Waals surface area contributed by atoms with Crippen LogP contribution in [-0.4, -0.2) is 52.8 Å². The van der Waals surface area contributed by atoms with Crippen molar-refractivity contribution in [2.75, 3.05) is 6.54 Å². The predicted octanol–water partition coefficient (Wildman–Crippen LogP) is 1.94. The van der Waals surface area contributed by atoms with Crippen LogP contribution in [0.4, 0.5) is 4.79 Å². The number of amides is 2. The van der Waals surface area contributed by atoms with Crippen molar-refractivity contribution >= 4 is 53.7 Å². The zero-order chi connectivity index (χ0) is 19.5. The standard InChI is InChI=1S/C18H22BIN2O4/c1-18(2,3)26-17(25)22-13(8-9-15(22)20)16(24)21-10-14(23)11-4-6-12(19)7-5-11/h4-7,13,15H,8-10H2,1-3H3,(H,21,24)/t13-,15+/m0/s1. The van der Waals surface area contributed by atoms with Gasteiger partial charge in [0.15, 0.2) is 5.78 Å². The van der Waals surface area contributed by atoms with Gasteiger partial charge in [-0.2, -0.15) is 0 Å². The number of rotatable bonds is 4. The van der Waals surface area contributed by atoms with Gasteiger partial charge in [-0.25, -0.2) is 4.79 Å². The van der Waals surface area contributed by atoms with Crippen molar-refractivity contribution in [2.24, 2.45) is 0 Å². The molecule has 1 heterocycles. The Morgan fingerprint density at radius 2 is 1.85 bits per heavy atom. The number of halogens is 1. The molecule has 1 aliphatic rings. The fourth-order valence-electron chi connectivity index (χ4n) is 2.64. The largest absolute Gasteiger partial charge is 0.444 e. The van der Waals surface area contributed by atoms with Gasteiger partial charge in [-0.1, -0.05) is 52.3 Å². The normalized spacial score (nSPS) is 19.9. The van der Waals surface area contributed by atoms with E-state index in [0.717, 1.165) is 0 Å². The number of carbonyl (C=O) groups is 3. The summed E-state index contributed by atoms with van der Waals surface area (Å²) in [7, 11) is 5.60. The van der Waals surface area contributed by atoms with Crippen LogP contribution in [0.25, 0.3) is 0 Å². The zero-order valence-corrected chi connectivity index (χ0v) is 17.3. The molecule has 2 rings (SSSR count). The van der Waals surface area contributed by atoms with Crippen molar-refractivity contribution in [1.29, 1.82) is 0 Å². The Bertz CT molecular complexity index is 687. The van der Waals surface area contributed by atoms with Crippen LogP contribution < -0.4 is 10.8 Å². The summed E-state index contributed by atoms with van der Waals surface area (Å²) in [6.45, 7) is 5.21. The SMILES string of the molecule is [B]c1ccc(C(=O)CNC(=O)[C@@H]2CC[C@H](I)N2C(=O)OC(C)(C)C)cc1. The minimum absolute atomic E-state index is 0.119. The molecule has 1 aliphatic heterocycles. The lowest BCUT2D eigenvalue weighted by Crippen LogP contribution is -2.49. The maximum atomic E-state index is 12.5. The van der Waals surface area contributed by atoms with Gasteiger partial charge in [-0.15, -0.1) is 0 Å². The van der Waals surface area contributed by atoms with Crippen LogP contribution >= 0.6 is 22.6 Å². The fourth-order valence-corrected chi connectivity index (χ4v) is 3.61. The number of hydrogen-bond acceptors (Lipinski definition) is 4. The zero-order valence-electron chi connectivity index (χ0n) is 15.1. The Morgan fingerprint density at radius 1 is 1.23 bits per heavy atom. The Morgan fingerprint density at radius 3 is 2.42 bits per heavy atom. The van der Waals surface area contributed by atoms with Gasteiger partial charge in [0, 0.05) is 5.56 Å². The minimum Gasteiger partial charge on any atom is -0.444 e. The van der Waals surface area contributed by atoms with E-state index in [0.29, 0.717) is 23.9 Å². The Labute approximate surface area is 168 Å².